The van der Waals surface area contributed by atoms with E-state index in [1.54, 1.807) is 14.2 Å². The molecule has 0 saturated heterocycles. The number of ether oxygens (including phenoxy) is 2. The van der Waals surface area contributed by atoms with Crippen LogP contribution >= 0.6 is 0 Å². The van der Waals surface area contributed by atoms with E-state index in [4.69, 9.17) is 9.47 Å². The number of hydrogen-bond acceptors (Lipinski definition) is 4. The summed E-state index contributed by atoms with van der Waals surface area (Å²) in [5.41, 5.74) is 2.12. The Kier molecular flexibility index (Phi) is 7.31. The summed E-state index contributed by atoms with van der Waals surface area (Å²) in [6.45, 7) is 1.31. The van der Waals surface area contributed by atoms with Gasteiger partial charge in [-0.1, -0.05) is 42.8 Å². The molecule has 0 aromatic heterocycles. The van der Waals surface area contributed by atoms with Gasteiger partial charge in [-0.3, -0.25) is 4.79 Å². The maximum atomic E-state index is 12.3. The lowest BCUT2D eigenvalue weighted by Crippen LogP contribution is -2.44. The maximum absolute atomic E-state index is 12.3. The number of amides is 1. The van der Waals surface area contributed by atoms with Crippen molar-refractivity contribution in [1.29, 1.82) is 0 Å². The number of likely N-dealkylation sites (N-methyl/N-ethyl adjacent to an activating group) is 1. The SMILES string of the molecule is CNC(=O)[C@H](Cc1ccccc1)NCc1ccc(OCC2CCC2)cc1OC. The Labute approximate surface area is 167 Å². The highest BCUT2D eigenvalue weighted by Gasteiger charge is 2.19. The number of rotatable bonds is 10. The van der Waals surface area contributed by atoms with Gasteiger partial charge in [-0.15, -0.1) is 0 Å². The van der Waals surface area contributed by atoms with Crippen LogP contribution in [-0.2, 0) is 17.8 Å². The second kappa shape index (κ2) is 10.1. The molecule has 0 heterocycles. The van der Waals surface area contributed by atoms with Gasteiger partial charge < -0.3 is 20.1 Å². The largest absolute Gasteiger partial charge is 0.496 e. The van der Waals surface area contributed by atoms with Crippen molar-refractivity contribution in [3.05, 3.63) is 59.7 Å². The molecule has 2 aromatic rings. The molecule has 1 atom stereocenters. The van der Waals surface area contributed by atoms with Gasteiger partial charge in [0.1, 0.15) is 11.5 Å². The summed E-state index contributed by atoms with van der Waals surface area (Å²) >= 11 is 0. The Bertz CT molecular complexity index is 760. The van der Waals surface area contributed by atoms with Gasteiger partial charge in [-0.2, -0.15) is 0 Å². The average molecular weight is 383 g/mol. The Morgan fingerprint density at radius 2 is 1.96 bits per heavy atom. The van der Waals surface area contributed by atoms with Crippen molar-refractivity contribution in [2.45, 2.75) is 38.3 Å². The van der Waals surface area contributed by atoms with Gasteiger partial charge in [0, 0.05) is 25.2 Å². The highest BCUT2D eigenvalue weighted by Crippen LogP contribution is 2.29. The van der Waals surface area contributed by atoms with Crippen LogP contribution in [0, 0.1) is 5.92 Å². The third kappa shape index (κ3) is 5.49. The summed E-state index contributed by atoms with van der Waals surface area (Å²) in [7, 11) is 3.32. The number of hydrogen-bond donors (Lipinski definition) is 2. The Hall–Kier alpha value is -2.53. The first-order valence-corrected chi connectivity index (χ1v) is 9.98. The van der Waals surface area contributed by atoms with Crippen LogP contribution < -0.4 is 20.1 Å². The van der Waals surface area contributed by atoms with E-state index in [9.17, 15) is 4.79 Å². The van der Waals surface area contributed by atoms with Crippen molar-refractivity contribution in [2.24, 2.45) is 5.92 Å². The van der Waals surface area contributed by atoms with E-state index >= 15 is 0 Å². The predicted molar refractivity (Wildman–Crippen MR) is 111 cm³/mol. The topological polar surface area (TPSA) is 59.6 Å². The van der Waals surface area contributed by atoms with Gasteiger partial charge in [0.05, 0.1) is 19.8 Å². The monoisotopic (exact) mass is 382 g/mol. The molecule has 1 saturated carbocycles. The summed E-state index contributed by atoms with van der Waals surface area (Å²) < 4.78 is 11.5. The number of carbonyl (C=O) groups is 1. The molecular formula is C23H30N2O3. The minimum absolute atomic E-state index is 0.0247. The number of carbonyl (C=O) groups excluding carboxylic acids is 1. The molecule has 2 aromatic carbocycles. The molecule has 0 radical (unpaired) electrons. The van der Waals surface area contributed by atoms with E-state index in [0.717, 1.165) is 29.2 Å². The summed E-state index contributed by atoms with van der Waals surface area (Å²) in [5, 5.41) is 6.11. The van der Waals surface area contributed by atoms with Crippen LogP contribution in [0.5, 0.6) is 11.5 Å². The Morgan fingerprint density at radius 3 is 2.61 bits per heavy atom. The standard InChI is InChI=1S/C23H30N2O3/c1-24-23(26)21(13-17-7-4-3-5-8-17)25-15-19-11-12-20(14-22(19)27-2)28-16-18-9-6-10-18/h3-5,7-8,11-12,14,18,21,25H,6,9-10,13,15-16H2,1-2H3,(H,24,26)/t21-/m0/s1. The van der Waals surface area contributed by atoms with Crippen molar-refractivity contribution < 1.29 is 14.3 Å². The third-order valence-corrected chi connectivity index (χ3v) is 5.35. The zero-order valence-electron chi connectivity index (χ0n) is 16.7. The first-order valence-electron chi connectivity index (χ1n) is 9.98. The van der Waals surface area contributed by atoms with Crippen LogP contribution in [-0.4, -0.2) is 32.7 Å². The molecule has 0 spiro atoms. The molecule has 1 fully saturated rings. The molecule has 1 amide bonds. The molecule has 0 aliphatic heterocycles. The zero-order chi connectivity index (χ0) is 19.8. The molecule has 1 aliphatic carbocycles. The van der Waals surface area contributed by atoms with Gasteiger partial charge in [0.25, 0.3) is 0 Å². The molecule has 0 bridgehead atoms. The van der Waals surface area contributed by atoms with Crippen LogP contribution in [0.4, 0.5) is 0 Å². The Morgan fingerprint density at radius 1 is 1.18 bits per heavy atom. The van der Waals surface area contributed by atoms with E-state index < -0.39 is 0 Å². The molecule has 28 heavy (non-hydrogen) atoms. The van der Waals surface area contributed by atoms with Crippen molar-refractivity contribution in [2.75, 3.05) is 20.8 Å². The summed E-state index contributed by atoms with van der Waals surface area (Å²) in [6.07, 6.45) is 4.48. The maximum Gasteiger partial charge on any atom is 0.237 e. The smallest absolute Gasteiger partial charge is 0.237 e. The molecule has 5 heteroatoms. The van der Waals surface area contributed by atoms with Crippen LogP contribution in [0.1, 0.15) is 30.4 Å². The predicted octanol–water partition coefficient (Wildman–Crippen LogP) is 3.32. The summed E-state index contributed by atoms with van der Waals surface area (Å²) in [5.74, 6) is 2.27. The number of methoxy groups -OCH3 is 1. The van der Waals surface area contributed by atoms with Crippen LogP contribution in [0.3, 0.4) is 0 Å². The molecule has 150 valence electrons. The quantitative estimate of drug-likeness (QED) is 0.662. The van der Waals surface area contributed by atoms with Gasteiger partial charge in [-0.05, 0) is 36.8 Å². The first kappa shape index (κ1) is 20.2. The molecule has 5 nitrogen and oxygen atoms in total. The molecule has 0 unspecified atom stereocenters. The molecule has 3 rings (SSSR count). The molecule has 1 aliphatic rings. The van der Waals surface area contributed by atoms with Gasteiger partial charge in [0.2, 0.25) is 5.91 Å². The lowest BCUT2D eigenvalue weighted by molar-refractivity contribution is -0.122. The summed E-state index contributed by atoms with van der Waals surface area (Å²) in [4.78, 5) is 12.3. The van der Waals surface area contributed by atoms with Gasteiger partial charge in [-0.25, -0.2) is 0 Å². The van der Waals surface area contributed by atoms with E-state index in [1.807, 2.05) is 48.5 Å². The second-order valence-corrected chi connectivity index (χ2v) is 7.32. The second-order valence-electron chi connectivity index (χ2n) is 7.32. The third-order valence-electron chi connectivity index (χ3n) is 5.35. The lowest BCUT2D eigenvalue weighted by atomic mass is 9.86. The van der Waals surface area contributed by atoms with Crippen molar-refractivity contribution in [1.82, 2.24) is 10.6 Å². The highest BCUT2D eigenvalue weighted by atomic mass is 16.5. The molecular weight excluding hydrogens is 352 g/mol. The minimum atomic E-state index is -0.313. The number of benzene rings is 2. The molecule has 2 N–H and O–H groups in total. The average Bonchev–Trinajstić information content (AvgIpc) is 2.70. The summed E-state index contributed by atoms with van der Waals surface area (Å²) in [6, 6.07) is 15.6. The van der Waals surface area contributed by atoms with E-state index in [-0.39, 0.29) is 11.9 Å². The fraction of sp³-hybridized carbons (Fsp3) is 0.435. The van der Waals surface area contributed by atoms with E-state index in [0.29, 0.717) is 18.9 Å². The first-order chi connectivity index (χ1) is 13.7. The minimum Gasteiger partial charge on any atom is -0.496 e. The van der Waals surface area contributed by atoms with Crippen molar-refractivity contribution in [3.63, 3.8) is 0 Å². The lowest BCUT2D eigenvalue weighted by Gasteiger charge is -2.25. The normalized spacial score (nSPS) is 14.8. The van der Waals surface area contributed by atoms with Gasteiger partial charge >= 0.3 is 0 Å². The fourth-order valence-corrected chi connectivity index (χ4v) is 3.35. The Balaban J connectivity index is 1.62. The van der Waals surface area contributed by atoms with E-state index in [1.165, 1.54) is 19.3 Å². The zero-order valence-corrected chi connectivity index (χ0v) is 16.7. The van der Waals surface area contributed by atoms with Crippen LogP contribution in [0.25, 0.3) is 0 Å². The highest BCUT2D eigenvalue weighted by molar-refractivity contribution is 5.81. The van der Waals surface area contributed by atoms with E-state index in [2.05, 4.69) is 10.6 Å². The van der Waals surface area contributed by atoms with Crippen molar-refractivity contribution >= 4 is 5.91 Å². The number of nitrogens with one attached hydrogen (secondary N) is 2. The van der Waals surface area contributed by atoms with Crippen LogP contribution in [0.2, 0.25) is 0 Å². The fourth-order valence-electron chi connectivity index (χ4n) is 3.35. The van der Waals surface area contributed by atoms with Crippen molar-refractivity contribution in [3.8, 4) is 11.5 Å². The van der Waals surface area contributed by atoms with Gasteiger partial charge in [0.15, 0.2) is 0 Å². The van der Waals surface area contributed by atoms with Crippen LogP contribution in [0.15, 0.2) is 48.5 Å².